The second-order valence-corrected chi connectivity index (χ2v) is 7.18. The zero-order valence-corrected chi connectivity index (χ0v) is 17.1. The lowest BCUT2D eigenvalue weighted by Gasteiger charge is -2.19. The Balaban J connectivity index is 1.63. The average Bonchev–Trinajstić information content (AvgIpc) is 3.17. The van der Waals surface area contributed by atoms with Crippen molar-refractivity contribution in [1.82, 2.24) is 9.69 Å². The second kappa shape index (κ2) is 9.70. The normalized spacial score (nSPS) is 11.0. The third-order valence-electron chi connectivity index (χ3n) is 4.35. The molecular formula is C20H20N6O3S. The van der Waals surface area contributed by atoms with E-state index in [-0.39, 0.29) is 11.6 Å². The molecular weight excluding hydrogens is 404 g/mol. The highest BCUT2D eigenvalue weighted by Gasteiger charge is 2.12. The molecule has 0 aliphatic rings. The topological polar surface area (TPSA) is 113 Å². The highest BCUT2D eigenvalue weighted by molar-refractivity contribution is 7.11. The van der Waals surface area contributed by atoms with Gasteiger partial charge in [-0.15, -0.1) is 10.2 Å². The Morgan fingerprint density at radius 2 is 2.07 bits per heavy atom. The van der Waals surface area contributed by atoms with Gasteiger partial charge in [-0.05, 0) is 54.4 Å². The van der Waals surface area contributed by atoms with E-state index in [1.807, 2.05) is 31.3 Å². The standard InChI is InChI=1S/C20H20N6O3S/c1-3-19(27)21-11-4-12-25(2)15-7-5-14(6-8-15)22-23-20-17-13-16(26(28)29)9-10-18(17)24-30-20/h3,5-10,13H,1,4,11-12H2,2H3,(H,21,27)/b23-22+. The third kappa shape index (κ3) is 5.23. The van der Waals surface area contributed by atoms with Crippen LogP contribution in [0.2, 0.25) is 0 Å². The minimum absolute atomic E-state index is 0.00408. The molecule has 1 amide bonds. The van der Waals surface area contributed by atoms with E-state index in [0.29, 0.717) is 28.1 Å². The highest BCUT2D eigenvalue weighted by atomic mass is 32.1. The number of carbonyl (C=O) groups is 1. The minimum atomic E-state index is -0.444. The van der Waals surface area contributed by atoms with Crippen LogP contribution in [0.5, 0.6) is 0 Å². The number of rotatable bonds is 9. The van der Waals surface area contributed by atoms with Gasteiger partial charge in [-0.2, -0.15) is 4.37 Å². The maximum absolute atomic E-state index is 11.1. The Morgan fingerprint density at radius 1 is 1.30 bits per heavy atom. The van der Waals surface area contributed by atoms with Crippen LogP contribution in [0.1, 0.15) is 6.42 Å². The number of aromatic nitrogens is 1. The largest absolute Gasteiger partial charge is 0.375 e. The van der Waals surface area contributed by atoms with Gasteiger partial charge in [0.1, 0.15) is 0 Å². The molecule has 1 N–H and O–H groups in total. The molecule has 0 aliphatic carbocycles. The van der Waals surface area contributed by atoms with E-state index >= 15 is 0 Å². The number of hydrogen-bond acceptors (Lipinski definition) is 8. The lowest BCUT2D eigenvalue weighted by molar-refractivity contribution is -0.384. The summed E-state index contributed by atoms with van der Waals surface area (Å²) in [6.07, 6.45) is 2.06. The summed E-state index contributed by atoms with van der Waals surface area (Å²) in [4.78, 5) is 23.7. The number of nitro benzene ring substituents is 1. The zero-order valence-electron chi connectivity index (χ0n) is 16.3. The molecule has 3 rings (SSSR count). The number of amides is 1. The smallest absolute Gasteiger partial charge is 0.270 e. The molecule has 30 heavy (non-hydrogen) atoms. The van der Waals surface area contributed by atoms with Gasteiger partial charge < -0.3 is 10.2 Å². The molecule has 0 radical (unpaired) electrons. The van der Waals surface area contributed by atoms with E-state index in [4.69, 9.17) is 0 Å². The van der Waals surface area contributed by atoms with Crippen molar-refractivity contribution in [1.29, 1.82) is 0 Å². The molecule has 9 nitrogen and oxygen atoms in total. The van der Waals surface area contributed by atoms with Crippen molar-refractivity contribution in [3.63, 3.8) is 0 Å². The lowest BCUT2D eigenvalue weighted by atomic mass is 10.2. The summed E-state index contributed by atoms with van der Waals surface area (Å²) >= 11 is 1.15. The fourth-order valence-corrected chi connectivity index (χ4v) is 3.39. The summed E-state index contributed by atoms with van der Waals surface area (Å²) in [7, 11) is 1.97. The summed E-state index contributed by atoms with van der Waals surface area (Å²) in [6, 6.07) is 12.1. The van der Waals surface area contributed by atoms with Crippen LogP contribution >= 0.6 is 11.5 Å². The van der Waals surface area contributed by atoms with Gasteiger partial charge in [-0.3, -0.25) is 14.9 Å². The number of benzene rings is 2. The van der Waals surface area contributed by atoms with Crippen LogP contribution in [-0.2, 0) is 4.79 Å². The molecule has 1 aromatic heterocycles. The summed E-state index contributed by atoms with van der Waals surface area (Å²) in [5.41, 5.74) is 2.33. The molecule has 0 fully saturated rings. The molecule has 0 saturated carbocycles. The Hall–Kier alpha value is -3.66. The molecule has 10 heteroatoms. The first-order valence-electron chi connectivity index (χ1n) is 9.15. The van der Waals surface area contributed by atoms with Gasteiger partial charge in [0.25, 0.3) is 5.69 Å². The number of azo groups is 1. The SMILES string of the molecule is C=CC(=O)NCCCN(C)c1ccc(/N=N/c2snc3ccc([N+](=O)[O-])cc23)cc1. The molecule has 0 aliphatic heterocycles. The van der Waals surface area contributed by atoms with Crippen LogP contribution < -0.4 is 10.2 Å². The van der Waals surface area contributed by atoms with E-state index in [2.05, 4.69) is 31.4 Å². The number of nitrogens with one attached hydrogen (secondary N) is 1. The van der Waals surface area contributed by atoms with Crippen LogP contribution in [0.25, 0.3) is 10.9 Å². The van der Waals surface area contributed by atoms with Crippen LogP contribution in [0.15, 0.2) is 65.3 Å². The molecule has 0 atom stereocenters. The molecule has 154 valence electrons. The summed E-state index contributed by atoms with van der Waals surface area (Å²) in [6.45, 7) is 4.79. The number of nitrogens with zero attached hydrogens (tertiary/aromatic N) is 5. The Kier molecular flexibility index (Phi) is 6.81. The average molecular weight is 424 g/mol. The van der Waals surface area contributed by atoms with Gasteiger partial charge in [0.05, 0.1) is 16.1 Å². The van der Waals surface area contributed by atoms with Crippen molar-refractivity contribution in [3.8, 4) is 0 Å². The maximum atomic E-state index is 11.1. The maximum Gasteiger partial charge on any atom is 0.270 e. The van der Waals surface area contributed by atoms with Crippen molar-refractivity contribution in [2.24, 2.45) is 10.2 Å². The number of hydrogen-bond donors (Lipinski definition) is 1. The van der Waals surface area contributed by atoms with Gasteiger partial charge in [-0.25, -0.2) is 0 Å². The minimum Gasteiger partial charge on any atom is -0.375 e. The van der Waals surface area contributed by atoms with Crippen molar-refractivity contribution >= 4 is 50.4 Å². The number of anilines is 1. The third-order valence-corrected chi connectivity index (χ3v) is 5.12. The Labute approximate surface area is 177 Å². The van der Waals surface area contributed by atoms with E-state index in [9.17, 15) is 14.9 Å². The van der Waals surface area contributed by atoms with Gasteiger partial charge in [-0.1, -0.05) is 6.58 Å². The first-order valence-corrected chi connectivity index (χ1v) is 9.92. The molecule has 0 spiro atoms. The Morgan fingerprint density at radius 3 is 2.77 bits per heavy atom. The fraction of sp³-hybridized carbons (Fsp3) is 0.200. The van der Waals surface area contributed by atoms with Gasteiger partial charge >= 0.3 is 0 Å². The van der Waals surface area contributed by atoms with E-state index in [1.165, 1.54) is 18.2 Å². The molecule has 0 saturated heterocycles. The first-order chi connectivity index (χ1) is 14.5. The number of fused-ring (bicyclic) bond motifs is 1. The molecule has 1 heterocycles. The van der Waals surface area contributed by atoms with Crippen molar-refractivity contribution in [2.45, 2.75) is 6.42 Å². The fourth-order valence-electron chi connectivity index (χ4n) is 2.71. The number of carbonyl (C=O) groups excluding carboxylic acids is 1. The van der Waals surface area contributed by atoms with Crippen molar-refractivity contribution in [3.05, 3.63) is 65.2 Å². The van der Waals surface area contributed by atoms with E-state index in [1.54, 1.807) is 6.07 Å². The summed E-state index contributed by atoms with van der Waals surface area (Å²) in [5, 5.41) is 23.3. The van der Waals surface area contributed by atoms with Crippen LogP contribution in [-0.4, -0.2) is 35.3 Å². The van der Waals surface area contributed by atoms with Gasteiger partial charge in [0.15, 0.2) is 5.00 Å². The highest BCUT2D eigenvalue weighted by Crippen LogP contribution is 2.34. The Bertz CT molecular complexity index is 1090. The number of non-ortho nitro benzene ring substituents is 1. The van der Waals surface area contributed by atoms with Crippen LogP contribution in [0.3, 0.4) is 0 Å². The molecule has 2 aromatic carbocycles. The van der Waals surface area contributed by atoms with Crippen LogP contribution in [0.4, 0.5) is 22.1 Å². The van der Waals surface area contributed by atoms with Gasteiger partial charge in [0, 0.05) is 43.3 Å². The predicted molar refractivity (Wildman–Crippen MR) is 118 cm³/mol. The number of nitro groups is 1. The van der Waals surface area contributed by atoms with Gasteiger partial charge in [0.2, 0.25) is 5.91 Å². The van der Waals surface area contributed by atoms with E-state index in [0.717, 1.165) is 30.2 Å². The monoisotopic (exact) mass is 424 g/mol. The summed E-state index contributed by atoms with van der Waals surface area (Å²) < 4.78 is 4.25. The molecule has 3 aromatic rings. The van der Waals surface area contributed by atoms with Crippen molar-refractivity contribution in [2.75, 3.05) is 25.0 Å². The zero-order chi connectivity index (χ0) is 21.5. The lowest BCUT2D eigenvalue weighted by Crippen LogP contribution is -2.26. The van der Waals surface area contributed by atoms with Crippen LogP contribution in [0, 0.1) is 10.1 Å². The predicted octanol–water partition coefficient (Wildman–Crippen LogP) is 4.75. The molecule has 0 unspecified atom stereocenters. The first kappa shape index (κ1) is 21.1. The molecule has 0 bridgehead atoms. The quantitative estimate of drug-likeness (QED) is 0.175. The van der Waals surface area contributed by atoms with Crippen molar-refractivity contribution < 1.29 is 9.72 Å². The summed E-state index contributed by atoms with van der Waals surface area (Å²) in [5.74, 6) is -0.171. The second-order valence-electron chi connectivity index (χ2n) is 6.43. The van der Waals surface area contributed by atoms with E-state index < -0.39 is 4.92 Å².